The standard InChI is InChI=1S/C7H14N2O2/c8-2-6(7(9)10)1-5-3-11-4-5/h5-6H,1-4,8H2,(H2,9,10). The van der Waals surface area contributed by atoms with Crippen LogP contribution in [0, 0.1) is 11.8 Å². The molecule has 1 aliphatic rings. The SMILES string of the molecule is NCC(CC1COC1)C(N)=O. The van der Waals surface area contributed by atoms with Crippen molar-refractivity contribution in [3.63, 3.8) is 0 Å². The van der Waals surface area contributed by atoms with Crippen molar-refractivity contribution < 1.29 is 9.53 Å². The maximum Gasteiger partial charge on any atom is 0.221 e. The van der Waals surface area contributed by atoms with E-state index >= 15 is 0 Å². The summed E-state index contributed by atoms with van der Waals surface area (Å²) < 4.78 is 4.97. The molecule has 0 spiro atoms. The lowest BCUT2D eigenvalue weighted by Crippen LogP contribution is -2.37. The molecule has 1 heterocycles. The second kappa shape index (κ2) is 3.69. The minimum absolute atomic E-state index is 0.163. The van der Waals surface area contributed by atoms with Gasteiger partial charge < -0.3 is 16.2 Å². The van der Waals surface area contributed by atoms with Crippen LogP contribution in [-0.2, 0) is 9.53 Å². The van der Waals surface area contributed by atoms with Crippen molar-refractivity contribution in [2.75, 3.05) is 19.8 Å². The number of hydrogen-bond acceptors (Lipinski definition) is 3. The lowest BCUT2D eigenvalue weighted by Gasteiger charge is -2.28. The first kappa shape index (κ1) is 8.49. The average Bonchev–Trinajstić information content (AvgIpc) is 1.85. The molecule has 1 unspecified atom stereocenters. The maximum atomic E-state index is 10.7. The number of ether oxygens (including phenoxy) is 1. The normalized spacial score (nSPS) is 20.8. The van der Waals surface area contributed by atoms with Gasteiger partial charge in [0.05, 0.1) is 19.1 Å². The Balaban J connectivity index is 2.24. The van der Waals surface area contributed by atoms with Gasteiger partial charge in [0.1, 0.15) is 0 Å². The molecule has 1 amide bonds. The van der Waals surface area contributed by atoms with Gasteiger partial charge in [-0.05, 0) is 6.42 Å². The number of carbonyl (C=O) groups is 1. The molecule has 1 fully saturated rings. The van der Waals surface area contributed by atoms with E-state index in [0.29, 0.717) is 12.5 Å². The van der Waals surface area contributed by atoms with Crippen molar-refractivity contribution >= 4 is 5.91 Å². The third-order valence-electron chi connectivity index (χ3n) is 2.01. The molecule has 1 aliphatic heterocycles. The van der Waals surface area contributed by atoms with Crippen LogP contribution in [0.3, 0.4) is 0 Å². The summed E-state index contributed by atoms with van der Waals surface area (Å²) in [4.78, 5) is 10.7. The highest BCUT2D eigenvalue weighted by Gasteiger charge is 2.24. The van der Waals surface area contributed by atoms with Gasteiger partial charge in [0.25, 0.3) is 0 Å². The zero-order valence-electron chi connectivity index (χ0n) is 6.45. The van der Waals surface area contributed by atoms with Gasteiger partial charge in [-0.3, -0.25) is 4.79 Å². The van der Waals surface area contributed by atoms with Crippen molar-refractivity contribution in [1.82, 2.24) is 0 Å². The largest absolute Gasteiger partial charge is 0.381 e. The van der Waals surface area contributed by atoms with E-state index in [0.717, 1.165) is 19.6 Å². The molecular formula is C7H14N2O2. The molecule has 0 saturated carbocycles. The fourth-order valence-corrected chi connectivity index (χ4v) is 1.15. The number of carbonyl (C=O) groups excluding carboxylic acids is 1. The summed E-state index contributed by atoms with van der Waals surface area (Å²) in [6.07, 6.45) is 0.784. The van der Waals surface area contributed by atoms with Gasteiger partial charge >= 0.3 is 0 Å². The third-order valence-corrected chi connectivity index (χ3v) is 2.01. The Bertz CT molecular complexity index is 145. The van der Waals surface area contributed by atoms with E-state index in [9.17, 15) is 4.79 Å². The Labute approximate surface area is 65.9 Å². The summed E-state index contributed by atoms with van der Waals surface area (Å²) in [5, 5.41) is 0. The first-order valence-electron chi connectivity index (χ1n) is 3.81. The summed E-state index contributed by atoms with van der Waals surface area (Å²) in [7, 11) is 0. The van der Waals surface area contributed by atoms with E-state index in [2.05, 4.69) is 0 Å². The van der Waals surface area contributed by atoms with Crippen LogP contribution in [-0.4, -0.2) is 25.7 Å². The van der Waals surface area contributed by atoms with Crippen LogP contribution in [0.15, 0.2) is 0 Å². The smallest absolute Gasteiger partial charge is 0.221 e. The number of primary amides is 1. The average molecular weight is 158 g/mol. The number of amides is 1. The summed E-state index contributed by atoms with van der Waals surface area (Å²) in [5.74, 6) is 0.0411. The minimum Gasteiger partial charge on any atom is -0.381 e. The van der Waals surface area contributed by atoms with Crippen molar-refractivity contribution in [2.24, 2.45) is 23.3 Å². The minimum atomic E-state index is -0.292. The summed E-state index contributed by atoms with van der Waals surface area (Å²) in [6, 6.07) is 0. The Morgan fingerprint density at radius 3 is 2.55 bits per heavy atom. The lowest BCUT2D eigenvalue weighted by molar-refractivity contribution is -0.123. The number of nitrogens with two attached hydrogens (primary N) is 2. The molecule has 0 aliphatic carbocycles. The Kier molecular flexibility index (Phi) is 2.84. The molecule has 0 bridgehead atoms. The summed E-state index contributed by atoms with van der Waals surface area (Å²) >= 11 is 0. The molecule has 0 radical (unpaired) electrons. The van der Waals surface area contributed by atoms with Crippen molar-refractivity contribution in [3.8, 4) is 0 Å². The van der Waals surface area contributed by atoms with E-state index in [1.807, 2.05) is 0 Å². The molecule has 1 atom stereocenters. The zero-order valence-corrected chi connectivity index (χ0v) is 6.45. The van der Waals surface area contributed by atoms with Crippen LogP contribution < -0.4 is 11.5 Å². The van der Waals surface area contributed by atoms with E-state index in [1.54, 1.807) is 0 Å². The Morgan fingerprint density at radius 1 is 1.64 bits per heavy atom. The predicted molar refractivity (Wildman–Crippen MR) is 40.7 cm³/mol. The highest BCUT2D eigenvalue weighted by Crippen LogP contribution is 2.19. The van der Waals surface area contributed by atoms with Gasteiger partial charge in [0.2, 0.25) is 5.91 Å². The quantitative estimate of drug-likeness (QED) is 0.555. The second-order valence-corrected chi connectivity index (χ2v) is 2.97. The molecule has 4 heteroatoms. The van der Waals surface area contributed by atoms with E-state index in [-0.39, 0.29) is 11.8 Å². The van der Waals surface area contributed by atoms with Crippen LogP contribution in [0.1, 0.15) is 6.42 Å². The first-order valence-corrected chi connectivity index (χ1v) is 3.81. The van der Waals surface area contributed by atoms with Crippen LogP contribution in [0.5, 0.6) is 0 Å². The molecule has 64 valence electrons. The third kappa shape index (κ3) is 2.17. The molecule has 4 N–H and O–H groups in total. The fourth-order valence-electron chi connectivity index (χ4n) is 1.15. The monoisotopic (exact) mass is 158 g/mol. The molecule has 1 rings (SSSR count). The fraction of sp³-hybridized carbons (Fsp3) is 0.857. The van der Waals surface area contributed by atoms with Crippen molar-refractivity contribution in [3.05, 3.63) is 0 Å². The number of hydrogen-bond donors (Lipinski definition) is 2. The Hall–Kier alpha value is -0.610. The van der Waals surface area contributed by atoms with Gasteiger partial charge in [-0.1, -0.05) is 0 Å². The van der Waals surface area contributed by atoms with Crippen molar-refractivity contribution in [1.29, 1.82) is 0 Å². The molecule has 1 saturated heterocycles. The second-order valence-electron chi connectivity index (χ2n) is 2.97. The van der Waals surface area contributed by atoms with Crippen LogP contribution >= 0.6 is 0 Å². The number of rotatable bonds is 4. The Morgan fingerprint density at radius 2 is 2.27 bits per heavy atom. The van der Waals surface area contributed by atoms with E-state index < -0.39 is 0 Å². The van der Waals surface area contributed by atoms with Gasteiger partial charge in [-0.25, -0.2) is 0 Å². The zero-order chi connectivity index (χ0) is 8.27. The van der Waals surface area contributed by atoms with E-state index in [1.165, 1.54) is 0 Å². The van der Waals surface area contributed by atoms with Gasteiger partial charge in [0, 0.05) is 12.5 Å². The first-order chi connectivity index (χ1) is 5.24. The molecular weight excluding hydrogens is 144 g/mol. The van der Waals surface area contributed by atoms with Gasteiger partial charge in [-0.2, -0.15) is 0 Å². The summed E-state index contributed by atoms with van der Waals surface area (Å²) in [6.45, 7) is 1.86. The summed E-state index contributed by atoms with van der Waals surface area (Å²) in [5.41, 5.74) is 10.5. The molecule has 0 aromatic carbocycles. The van der Waals surface area contributed by atoms with Crippen molar-refractivity contribution in [2.45, 2.75) is 6.42 Å². The van der Waals surface area contributed by atoms with Gasteiger partial charge in [-0.15, -0.1) is 0 Å². The lowest BCUT2D eigenvalue weighted by atomic mass is 9.93. The molecule has 0 aromatic rings. The van der Waals surface area contributed by atoms with Crippen LogP contribution in [0.2, 0.25) is 0 Å². The van der Waals surface area contributed by atoms with Gasteiger partial charge in [0.15, 0.2) is 0 Å². The maximum absolute atomic E-state index is 10.7. The highest BCUT2D eigenvalue weighted by molar-refractivity contribution is 5.76. The topological polar surface area (TPSA) is 78.3 Å². The van der Waals surface area contributed by atoms with Crippen LogP contribution in [0.4, 0.5) is 0 Å². The molecule has 11 heavy (non-hydrogen) atoms. The highest BCUT2D eigenvalue weighted by atomic mass is 16.5. The predicted octanol–water partition coefficient (Wildman–Crippen LogP) is -0.917. The molecule has 0 aromatic heterocycles. The molecule has 4 nitrogen and oxygen atoms in total. The van der Waals surface area contributed by atoms with Crippen LogP contribution in [0.25, 0.3) is 0 Å². The van der Waals surface area contributed by atoms with E-state index in [4.69, 9.17) is 16.2 Å².